The van der Waals surface area contributed by atoms with Gasteiger partial charge in [0.1, 0.15) is 10.6 Å². The van der Waals surface area contributed by atoms with E-state index in [1.807, 2.05) is 32.0 Å². The summed E-state index contributed by atoms with van der Waals surface area (Å²) in [6.07, 6.45) is 5.66. The van der Waals surface area contributed by atoms with E-state index >= 15 is 0 Å². The van der Waals surface area contributed by atoms with E-state index in [2.05, 4.69) is 20.0 Å². The number of aromatic nitrogens is 2. The second-order valence-electron chi connectivity index (χ2n) is 8.19. The van der Waals surface area contributed by atoms with Crippen LogP contribution in [-0.2, 0) is 15.8 Å². The van der Waals surface area contributed by atoms with Crippen LogP contribution in [0, 0.1) is 19.8 Å². The van der Waals surface area contributed by atoms with Gasteiger partial charge in [0.2, 0.25) is 11.8 Å². The minimum Gasteiger partial charge on any atom is -0.495 e. The summed E-state index contributed by atoms with van der Waals surface area (Å²) in [6.45, 7) is 3.78. The zero-order valence-corrected chi connectivity index (χ0v) is 21.3. The molecule has 2 heterocycles. The Hall–Kier alpha value is -2.98. The zero-order valence-electron chi connectivity index (χ0n) is 19.6. The summed E-state index contributed by atoms with van der Waals surface area (Å²) in [6, 6.07) is 7.35. The van der Waals surface area contributed by atoms with Crippen molar-refractivity contribution >= 4 is 39.0 Å². The van der Waals surface area contributed by atoms with Crippen LogP contribution in [0.3, 0.4) is 0 Å². The molecule has 1 saturated carbocycles. The zero-order chi connectivity index (χ0) is 24.2. The summed E-state index contributed by atoms with van der Waals surface area (Å²) in [5.41, 5.74) is 3.09. The molecule has 1 fully saturated rings. The van der Waals surface area contributed by atoms with Gasteiger partial charge in [0.25, 0.3) is 0 Å². The van der Waals surface area contributed by atoms with Gasteiger partial charge in [-0.1, -0.05) is 24.2 Å². The minimum atomic E-state index is -1.60. The van der Waals surface area contributed by atoms with Crippen LogP contribution in [0.1, 0.15) is 36.9 Å². The predicted molar refractivity (Wildman–Crippen MR) is 135 cm³/mol. The molecule has 0 saturated heterocycles. The van der Waals surface area contributed by atoms with Crippen molar-refractivity contribution in [3.05, 3.63) is 41.7 Å². The summed E-state index contributed by atoms with van der Waals surface area (Å²) >= 11 is 1.42. The fourth-order valence-corrected chi connectivity index (χ4v) is 6.04. The van der Waals surface area contributed by atoms with Crippen molar-refractivity contribution in [2.24, 2.45) is 5.92 Å². The summed E-state index contributed by atoms with van der Waals surface area (Å²) in [7, 11) is 1.51. The number of benzene rings is 1. The Morgan fingerprint density at radius 2 is 1.91 bits per heavy atom. The molecule has 8 nitrogen and oxygen atoms in total. The highest BCUT2D eigenvalue weighted by Gasteiger charge is 2.24. The first kappa shape index (κ1) is 24.2. The number of carbonyl (C=O) groups excluding carboxylic acids is 1. The van der Waals surface area contributed by atoms with E-state index in [1.165, 1.54) is 11.3 Å². The summed E-state index contributed by atoms with van der Waals surface area (Å²) in [5, 5.41) is 3.56. The van der Waals surface area contributed by atoms with E-state index in [1.54, 1.807) is 26.5 Å². The molecular formula is C24H28N4O4S2. The standard InChI is InChI=1S/C24H28N4O4S2/c1-14-11-18(13-25-23(14)32-4)28-34(30)20-12-17(9-10-19(20)31-3)21-15(2)26-24(33-21)27-22(29)16-7-5-6-8-16/h9-13,16,28H,5-8H2,1-4H3,(H,26,27,29). The lowest BCUT2D eigenvalue weighted by atomic mass is 10.1. The van der Waals surface area contributed by atoms with Gasteiger partial charge in [-0.3, -0.25) is 9.52 Å². The third kappa shape index (κ3) is 5.23. The van der Waals surface area contributed by atoms with Crippen LogP contribution in [0.5, 0.6) is 11.6 Å². The molecule has 1 unspecified atom stereocenters. The first-order valence-corrected chi connectivity index (χ1v) is 13.0. The average molecular weight is 501 g/mol. The molecular weight excluding hydrogens is 472 g/mol. The Morgan fingerprint density at radius 3 is 2.59 bits per heavy atom. The number of aryl methyl sites for hydroxylation is 2. The van der Waals surface area contributed by atoms with Crippen LogP contribution >= 0.6 is 11.3 Å². The van der Waals surface area contributed by atoms with Crippen molar-refractivity contribution in [1.82, 2.24) is 9.97 Å². The molecule has 0 bridgehead atoms. The molecule has 2 aromatic heterocycles. The second-order valence-corrected chi connectivity index (χ2v) is 10.4. The van der Waals surface area contributed by atoms with Gasteiger partial charge in [0.15, 0.2) is 16.1 Å². The van der Waals surface area contributed by atoms with Gasteiger partial charge in [-0.15, -0.1) is 0 Å². The van der Waals surface area contributed by atoms with Gasteiger partial charge < -0.3 is 14.8 Å². The van der Waals surface area contributed by atoms with Crippen LogP contribution in [0.25, 0.3) is 10.4 Å². The van der Waals surface area contributed by atoms with E-state index in [-0.39, 0.29) is 11.8 Å². The monoisotopic (exact) mass is 500 g/mol. The molecule has 3 aromatic rings. The van der Waals surface area contributed by atoms with Crippen molar-refractivity contribution in [1.29, 1.82) is 0 Å². The van der Waals surface area contributed by atoms with Crippen LogP contribution in [0.2, 0.25) is 0 Å². The number of rotatable bonds is 8. The number of carbonyl (C=O) groups is 1. The van der Waals surface area contributed by atoms with E-state index in [9.17, 15) is 9.00 Å². The van der Waals surface area contributed by atoms with Crippen LogP contribution in [0.4, 0.5) is 10.8 Å². The van der Waals surface area contributed by atoms with Gasteiger partial charge in [-0.05, 0) is 56.5 Å². The minimum absolute atomic E-state index is 0.0434. The Kier molecular flexibility index (Phi) is 7.47. The molecule has 4 rings (SSSR count). The van der Waals surface area contributed by atoms with E-state index < -0.39 is 11.0 Å². The summed E-state index contributed by atoms with van der Waals surface area (Å²) < 4.78 is 26.9. The van der Waals surface area contributed by atoms with E-state index in [4.69, 9.17) is 9.47 Å². The molecule has 2 N–H and O–H groups in total. The smallest absolute Gasteiger partial charge is 0.229 e. The van der Waals surface area contributed by atoms with Crippen molar-refractivity contribution in [3.63, 3.8) is 0 Å². The Labute approximate surface area is 205 Å². The lowest BCUT2D eigenvalue weighted by Gasteiger charge is -2.12. The number of methoxy groups -OCH3 is 2. The van der Waals surface area contributed by atoms with Crippen molar-refractivity contribution < 1.29 is 18.5 Å². The Bertz CT molecular complexity index is 1220. The number of pyridine rings is 1. The number of ether oxygens (including phenoxy) is 2. The van der Waals surface area contributed by atoms with E-state index in [0.29, 0.717) is 27.3 Å². The quantitative estimate of drug-likeness (QED) is 0.446. The maximum atomic E-state index is 13.2. The lowest BCUT2D eigenvalue weighted by Crippen LogP contribution is -2.20. The number of thiazole rings is 1. The Morgan fingerprint density at radius 1 is 1.15 bits per heavy atom. The maximum absolute atomic E-state index is 13.2. The van der Waals surface area contributed by atoms with Crippen LogP contribution < -0.4 is 19.5 Å². The molecule has 0 spiro atoms. The fraction of sp³-hybridized carbons (Fsp3) is 0.375. The third-order valence-corrected chi connectivity index (χ3v) is 8.07. The third-order valence-electron chi connectivity index (χ3n) is 5.81. The predicted octanol–water partition coefficient (Wildman–Crippen LogP) is 5.10. The molecule has 34 heavy (non-hydrogen) atoms. The normalized spacial score (nSPS) is 14.6. The van der Waals surface area contributed by atoms with Crippen molar-refractivity contribution in [2.75, 3.05) is 24.3 Å². The Balaban J connectivity index is 1.57. The topological polar surface area (TPSA) is 102 Å². The van der Waals surface area contributed by atoms with Crippen molar-refractivity contribution in [3.8, 4) is 22.1 Å². The lowest BCUT2D eigenvalue weighted by molar-refractivity contribution is -0.119. The highest BCUT2D eigenvalue weighted by molar-refractivity contribution is 7.86. The highest BCUT2D eigenvalue weighted by Crippen LogP contribution is 2.37. The van der Waals surface area contributed by atoms with Crippen molar-refractivity contribution in [2.45, 2.75) is 44.4 Å². The number of hydrogen-bond donors (Lipinski definition) is 2. The molecule has 1 aliphatic rings. The molecule has 10 heteroatoms. The molecule has 0 radical (unpaired) electrons. The molecule has 1 atom stereocenters. The summed E-state index contributed by atoms with van der Waals surface area (Å²) in [5.74, 6) is 1.14. The number of amides is 1. The van der Waals surface area contributed by atoms with E-state index in [0.717, 1.165) is 47.4 Å². The largest absolute Gasteiger partial charge is 0.495 e. The van der Waals surface area contributed by atoms with Crippen LogP contribution in [0.15, 0.2) is 35.4 Å². The van der Waals surface area contributed by atoms with Gasteiger partial charge in [-0.2, -0.15) is 0 Å². The molecule has 1 aromatic carbocycles. The van der Waals surface area contributed by atoms with Gasteiger partial charge >= 0.3 is 0 Å². The first-order chi connectivity index (χ1) is 16.4. The van der Waals surface area contributed by atoms with Crippen LogP contribution in [-0.4, -0.2) is 34.3 Å². The average Bonchev–Trinajstić information content (AvgIpc) is 3.49. The summed E-state index contributed by atoms with van der Waals surface area (Å²) in [4.78, 5) is 22.7. The van der Waals surface area contributed by atoms with Gasteiger partial charge in [0, 0.05) is 11.5 Å². The maximum Gasteiger partial charge on any atom is 0.229 e. The number of hydrogen-bond acceptors (Lipinski definition) is 7. The molecule has 1 amide bonds. The fourth-order valence-electron chi connectivity index (χ4n) is 4.07. The number of nitrogens with one attached hydrogen (secondary N) is 2. The first-order valence-electron chi connectivity index (χ1n) is 11.1. The molecule has 0 aliphatic heterocycles. The number of nitrogens with zero attached hydrogens (tertiary/aromatic N) is 2. The van der Waals surface area contributed by atoms with Gasteiger partial charge in [0.05, 0.1) is 36.7 Å². The molecule has 180 valence electrons. The van der Waals surface area contributed by atoms with Gasteiger partial charge in [-0.25, -0.2) is 14.2 Å². The highest BCUT2D eigenvalue weighted by atomic mass is 32.2. The molecule has 1 aliphatic carbocycles. The number of anilines is 2. The SMILES string of the molecule is COc1ccc(-c2sc(NC(=O)C3CCCC3)nc2C)cc1S(=O)Nc1cnc(OC)c(C)c1. The second kappa shape index (κ2) is 10.5.